The van der Waals surface area contributed by atoms with E-state index < -0.39 is 26.8 Å². The molecule has 8 nitrogen and oxygen atoms in total. The molecule has 3 fully saturated rings. The molecule has 2 amide bonds. The monoisotopic (exact) mass is 572 g/mol. The number of carbonyl (C=O) groups excluding carboxylic acids is 2. The van der Waals surface area contributed by atoms with Gasteiger partial charge in [0.15, 0.2) is 5.69 Å². The van der Waals surface area contributed by atoms with Crippen LogP contribution in [0.15, 0.2) is 23.2 Å². The van der Waals surface area contributed by atoms with Crippen LogP contribution in [0.1, 0.15) is 71.4 Å². The number of pyridine rings is 1. The lowest BCUT2D eigenvalue weighted by atomic mass is 9.78. The van der Waals surface area contributed by atoms with Gasteiger partial charge in [-0.05, 0) is 67.9 Å². The Morgan fingerprint density at radius 3 is 2.54 bits per heavy atom. The van der Waals surface area contributed by atoms with Crippen molar-refractivity contribution in [3.05, 3.63) is 24.0 Å². The third-order valence-electron chi connectivity index (χ3n) is 8.46. The molecule has 3 saturated heterocycles. The van der Waals surface area contributed by atoms with E-state index >= 15 is 0 Å². The zero-order chi connectivity index (χ0) is 28.5. The lowest BCUT2D eigenvalue weighted by Crippen LogP contribution is -2.60. The fourth-order valence-corrected chi connectivity index (χ4v) is 8.15. The number of nitrogens with zero attached hydrogens (tertiary/aromatic N) is 3. The van der Waals surface area contributed by atoms with Crippen LogP contribution in [0.25, 0.3) is 0 Å². The molecule has 4 heterocycles. The van der Waals surface area contributed by atoms with Crippen molar-refractivity contribution in [2.24, 2.45) is 23.7 Å². The van der Waals surface area contributed by atoms with Crippen molar-refractivity contribution in [2.75, 3.05) is 19.6 Å². The summed E-state index contributed by atoms with van der Waals surface area (Å²) < 4.78 is 68.9. The number of sulfonamides is 1. The first kappa shape index (κ1) is 29.8. The average Bonchev–Trinajstić information content (AvgIpc) is 2.87. The second kappa shape index (κ2) is 11.7. The van der Waals surface area contributed by atoms with Gasteiger partial charge in [-0.1, -0.05) is 20.8 Å². The Bertz CT molecular complexity index is 1160. The van der Waals surface area contributed by atoms with Crippen molar-refractivity contribution in [3.63, 3.8) is 0 Å². The number of alkyl halides is 3. The molecule has 1 N–H and O–H groups in total. The van der Waals surface area contributed by atoms with Crippen LogP contribution in [0.2, 0.25) is 0 Å². The molecule has 0 aliphatic carbocycles. The Morgan fingerprint density at radius 2 is 1.85 bits per heavy atom. The Morgan fingerprint density at radius 1 is 1.10 bits per heavy atom. The minimum atomic E-state index is -4.91. The van der Waals surface area contributed by atoms with Crippen LogP contribution >= 0.6 is 0 Å². The number of hydrogen-bond acceptors (Lipinski definition) is 5. The minimum absolute atomic E-state index is 0.0244. The highest BCUT2D eigenvalue weighted by Crippen LogP contribution is 2.40. The van der Waals surface area contributed by atoms with E-state index in [0.29, 0.717) is 38.6 Å². The zero-order valence-corrected chi connectivity index (χ0v) is 23.6. The third kappa shape index (κ3) is 6.75. The maximum absolute atomic E-state index is 13.6. The van der Waals surface area contributed by atoms with Gasteiger partial charge < -0.3 is 10.2 Å². The number of amides is 2. The number of rotatable bonds is 3. The largest absolute Gasteiger partial charge is 0.434 e. The fraction of sp³-hybridized carbons (Fsp3) is 0.741. The molecule has 0 saturated carbocycles. The lowest BCUT2D eigenvalue weighted by molar-refractivity contribution is -0.144. The van der Waals surface area contributed by atoms with Crippen molar-refractivity contribution in [3.8, 4) is 0 Å². The zero-order valence-electron chi connectivity index (χ0n) is 22.8. The highest BCUT2D eigenvalue weighted by molar-refractivity contribution is 7.89. The summed E-state index contributed by atoms with van der Waals surface area (Å²) in [6.07, 6.45) is 0.0759. The van der Waals surface area contributed by atoms with E-state index in [9.17, 15) is 31.2 Å². The molecule has 4 rings (SSSR count). The molecule has 0 unspecified atom stereocenters. The Hall–Kier alpha value is -2.21. The topological polar surface area (TPSA) is 99.7 Å². The fourth-order valence-electron chi connectivity index (χ4n) is 6.41. The first-order valence-electron chi connectivity index (χ1n) is 13.9. The molecule has 0 spiro atoms. The van der Waals surface area contributed by atoms with Gasteiger partial charge in [0.05, 0.1) is 0 Å². The molecule has 3 aliphatic heterocycles. The van der Waals surface area contributed by atoms with Gasteiger partial charge in [0, 0.05) is 50.8 Å². The summed E-state index contributed by atoms with van der Waals surface area (Å²) >= 11 is 0. The quantitative estimate of drug-likeness (QED) is 0.589. The highest BCUT2D eigenvalue weighted by atomic mass is 32.2. The van der Waals surface area contributed by atoms with Crippen LogP contribution in [0.5, 0.6) is 0 Å². The maximum Gasteiger partial charge on any atom is 0.434 e. The standard InChI is InChI=1S/C27H39F3N4O4S/c1-17(2)21-10-9-18(3)12-25(36)34-15-19-13-20(22(34)6-4-8-24(35)32-21)16-33(14-19)39(37,38)23-7-5-11-31-26(23)27(28,29)30/h5,7,11,17-22H,4,6,8-10,12-16H2,1-3H3,(H,32,35)/t18-,19+,20+,21+,22+/m1/s1. The van der Waals surface area contributed by atoms with Gasteiger partial charge in [0.25, 0.3) is 0 Å². The van der Waals surface area contributed by atoms with E-state index in [1.54, 1.807) is 0 Å². The predicted octanol–water partition coefficient (Wildman–Crippen LogP) is 4.07. The number of fused-ring (bicyclic) bond motifs is 4. The average molecular weight is 573 g/mol. The van der Waals surface area contributed by atoms with Crippen molar-refractivity contribution in [2.45, 2.75) is 88.9 Å². The van der Waals surface area contributed by atoms with Crippen LogP contribution < -0.4 is 5.32 Å². The lowest BCUT2D eigenvalue weighted by Gasteiger charge is -2.50. The summed E-state index contributed by atoms with van der Waals surface area (Å²) in [7, 11) is -4.46. The minimum Gasteiger partial charge on any atom is -0.353 e. The number of aromatic nitrogens is 1. The van der Waals surface area contributed by atoms with E-state index in [1.165, 1.54) is 6.07 Å². The van der Waals surface area contributed by atoms with Crippen LogP contribution in [0.4, 0.5) is 13.2 Å². The maximum atomic E-state index is 13.6. The van der Waals surface area contributed by atoms with Crippen LogP contribution in [-0.4, -0.2) is 66.1 Å². The van der Waals surface area contributed by atoms with Gasteiger partial charge in [0.1, 0.15) is 4.90 Å². The first-order chi connectivity index (χ1) is 18.3. The summed E-state index contributed by atoms with van der Waals surface area (Å²) in [5.41, 5.74) is -1.42. The van der Waals surface area contributed by atoms with Crippen molar-refractivity contribution < 1.29 is 31.2 Å². The van der Waals surface area contributed by atoms with E-state index in [0.717, 1.165) is 29.4 Å². The Balaban J connectivity index is 1.58. The van der Waals surface area contributed by atoms with Gasteiger partial charge in [-0.25, -0.2) is 8.42 Å². The number of hydrogen-bond donors (Lipinski definition) is 1. The molecule has 0 aromatic carbocycles. The molecule has 218 valence electrons. The Labute approximate surface area is 228 Å². The highest BCUT2D eigenvalue weighted by Gasteiger charge is 2.47. The number of carbonyl (C=O) groups is 2. The summed E-state index contributed by atoms with van der Waals surface area (Å²) in [6.45, 7) is 6.62. The van der Waals surface area contributed by atoms with E-state index in [4.69, 9.17) is 0 Å². The normalized spacial score (nSPS) is 30.1. The summed E-state index contributed by atoms with van der Waals surface area (Å²) in [5.74, 6) is -0.000240. The van der Waals surface area contributed by atoms with Gasteiger partial charge in [-0.2, -0.15) is 17.5 Å². The summed E-state index contributed by atoms with van der Waals surface area (Å²) in [5, 5.41) is 3.14. The SMILES string of the molecule is CC(C)[C@@H]1CC[C@@H](C)CC(=O)N2C[C@H]3C[C@@H](CN(S(=O)(=O)c4cccnc4C(F)(F)F)C3)[C@@H]2CCCC(=O)N1. The van der Waals surface area contributed by atoms with Crippen LogP contribution in [0.3, 0.4) is 0 Å². The molecule has 1 aromatic rings. The molecule has 5 atom stereocenters. The second-order valence-corrected chi connectivity index (χ2v) is 13.7. The summed E-state index contributed by atoms with van der Waals surface area (Å²) in [4.78, 5) is 30.6. The van der Waals surface area contributed by atoms with Crippen molar-refractivity contribution in [1.82, 2.24) is 19.5 Å². The second-order valence-electron chi connectivity index (χ2n) is 11.8. The van der Waals surface area contributed by atoms with Crippen molar-refractivity contribution in [1.29, 1.82) is 0 Å². The van der Waals surface area contributed by atoms with Crippen LogP contribution in [-0.2, 0) is 25.8 Å². The van der Waals surface area contributed by atoms with Crippen LogP contribution in [0, 0.1) is 23.7 Å². The smallest absolute Gasteiger partial charge is 0.353 e. The molecule has 3 aliphatic rings. The van der Waals surface area contributed by atoms with E-state index in [2.05, 4.69) is 24.1 Å². The molecule has 39 heavy (non-hydrogen) atoms. The third-order valence-corrected chi connectivity index (χ3v) is 10.3. The predicted molar refractivity (Wildman–Crippen MR) is 139 cm³/mol. The van der Waals surface area contributed by atoms with E-state index in [-0.39, 0.29) is 60.7 Å². The number of piperidine rings is 2. The summed E-state index contributed by atoms with van der Waals surface area (Å²) in [6, 6.07) is 1.92. The van der Waals surface area contributed by atoms with Gasteiger partial charge in [0.2, 0.25) is 21.8 Å². The van der Waals surface area contributed by atoms with Crippen molar-refractivity contribution >= 4 is 21.8 Å². The number of halogens is 3. The Kier molecular flexibility index (Phi) is 8.95. The van der Waals surface area contributed by atoms with E-state index in [1.807, 2.05) is 11.8 Å². The van der Waals surface area contributed by atoms with Gasteiger partial charge >= 0.3 is 6.18 Å². The van der Waals surface area contributed by atoms with Gasteiger partial charge in [-0.3, -0.25) is 14.6 Å². The molecular weight excluding hydrogens is 533 g/mol. The first-order valence-corrected chi connectivity index (χ1v) is 15.3. The van der Waals surface area contributed by atoms with Gasteiger partial charge in [-0.15, -0.1) is 0 Å². The molecule has 0 radical (unpaired) electrons. The molecule has 2 bridgehead atoms. The number of nitrogens with one attached hydrogen (secondary N) is 1. The molecular formula is C27H39F3N4O4S. The molecule has 1 aromatic heterocycles. The molecule has 12 heteroatoms.